The van der Waals surface area contributed by atoms with E-state index in [1.165, 1.54) is 0 Å². The molecule has 0 aromatic rings. The van der Waals surface area contributed by atoms with Crippen LogP contribution < -0.4 is 5.32 Å². The Kier molecular flexibility index (Phi) is 5.84. The van der Waals surface area contributed by atoms with Crippen molar-refractivity contribution < 1.29 is 14.7 Å². The molecule has 0 heterocycles. The van der Waals surface area contributed by atoms with Crippen molar-refractivity contribution in [1.82, 2.24) is 10.2 Å². The van der Waals surface area contributed by atoms with Gasteiger partial charge in [-0.05, 0) is 51.9 Å². The van der Waals surface area contributed by atoms with Gasteiger partial charge in [0.15, 0.2) is 0 Å². The molecule has 0 atom stereocenters. The number of aliphatic carboxylic acids is 1. The predicted molar refractivity (Wildman–Crippen MR) is 78.6 cm³/mol. The van der Waals surface area contributed by atoms with Crippen molar-refractivity contribution in [2.45, 2.75) is 58.4 Å². The second kappa shape index (κ2) is 6.95. The Bertz CT molecular complexity index is 347. The number of carbonyl (C=O) groups excluding carboxylic acids is 1. The lowest BCUT2D eigenvalue weighted by atomic mass is 9.82. The van der Waals surface area contributed by atoms with Crippen molar-refractivity contribution in [1.29, 1.82) is 0 Å². The average molecular weight is 284 g/mol. The summed E-state index contributed by atoms with van der Waals surface area (Å²) >= 11 is 0. The lowest BCUT2D eigenvalue weighted by molar-refractivity contribution is -0.143. The van der Waals surface area contributed by atoms with Gasteiger partial charge >= 0.3 is 12.0 Å². The van der Waals surface area contributed by atoms with Crippen LogP contribution in [0.25, 0.3) is 0 Å². The Hall–Kier alpha value is -1.26. The van der Waals surface area contributed by atoms with Crippen molar-refractivity contribution in [2.24, 2.45) is 11.8 Å². The number of nitrogens with one attached hydrogen (secondary N) is 1. The zero-order valence-electron chi connectivity index (χ0n) is 13.1. The van der Waals surface area contributed by atoms with E-state index < -0.39 is 5.97 Å². The number of urea groups is 1. The van der Waals surface area contributed by atoms with E-state index in [2.05, 4.69) is 12.2 Å². The van der Waals surface area contributed by atoms with Gasteiger partial charge in [-0.2, -0.15) is 0 Å². The van der Waals surface area contributed by atoms with E-state index in [-0.39, 0.29) is 17.5 Å². The maximum Gasteiger partial charge on any atom is 0.317 e. The Morgan fingerprint density at radius 3 is 2.25 bits per heavy atom. The molecule has 2 amide bonds. The molecule has 0 unspecified atom stereocenters. The quantitative estimate of drug-likeness (QED) is 0.815. The summed E-state index contributed by atoms with van der Waals surface area (Å²) in [4.78, 5) is 24.7. The standard InChI is InChI=1S/C15H28N2O3/c1-5-15(2,3)17(4)14(20)16-10-11-6-8-12(9-7-11)13(18)19/h11-12H,5-10H2,1-4H3,(H,16,20)(H,18,19). The minimum absolute atomic E-state index is 0.0443. The number of carboxylic acids is 1. The van der Waals surface area contributed by atoms with Gasteiger partial charge in [0.25, 0.3) is 0 Å². The number of hydrogen-bond donors (Lipinski definition) is 2. The summed E-state index contributed by atoms with van der Waals surface area (Å²) in [5.41, 5.74) is -0.148. The third kappa shape index (κ3) is 4.39. The van der Waals surface area contributed by atoms with E-state index in [9.17, 15) is 9.59 Å². The summed E-state index contributed by atoms with van der Waals surface area (Å²) in [6.07, 6.45) is 4.13. The normalized spacial score (nSPS) is 23.2. The summed E-state index contributed by atoms with van der Waals surface area (Å²) in [7, 11) is 1.82. The first-order valence-corrected chi connectivity index (χ1v) is 7.52. The first kappa shape index (κ1) is 16.8. The zero-order valence-corrected chi connectivity index (χ0v) is 13.1. The van der Waals surface area contributed by atoms with Gasteiger partial charge in [0.2, 0.25) is 0 Å². The highest BCUT2D eigenvalue weighted by Crippen LogP contribution is 2.28. The van der Waals surface area contributed by atoms with Crippen LogP contribution in [0.15, 0.2) is 0 Å². The Morgan fingerprint density at radius 2 is 1.80 bits per heavy atom. The predicted octanol–water partition coefficient (Wildman–Crippen LogP) is 2.71. The van der Waals surface area contributed by atoms with Gasteiger partial charge < -0.3 is 15.3 Å². The fourth-order valence-corrected chi connectivity index (χ4v) is 2.48. The molecule has 1 aliphatic rings. The van der Waals surface area contributed by atoms with Crippen LogP contribution in [0.4, 0.5) is 4.79 Å². The van der Waals surface area contributed by atoms with Crippen LogP contribution >= 0.6 is 0 Å². The van der Waals surface area contributed by atoms with Crippen LogP contribution in [0.1, 0.15) is 52.9 Å². The minimum Gasteiger partial charge on any atom is -0.481 e. The molecule has 1 saturated carbocycles. The van der Waals surface area contributed by atoms with Gasteiger partial charge in [-0.3, -0.25) is 4.79 Å². The Morgan fingerprint density at radius 1 is 1.25 bits per heavy atom. The van der Waals surface area contributed by atoms with Crippen LogP contribution in [0, 0.1) is 11.8 Å². The second-order valence-electron chi connectivity index (χ2n) is 6.47. The van der Waals surface area contributed by atoms with Gasteiger partial charge in [-0.15, -0.1) is 0 Å². The fraction of sp³-hybridized carbons (Fsp3) is 0.867. The topological polar surface area (TPSA) is 69.6 Å². The summed E-state index contributed by atoms with van der Waals surface area (Å²) in [6, 6.07) is -0.0443. The zero-order chi connectivity index (χ0) is 15.3. The lowest BCUT2D eigenvalue weighted by Crippen LogP contribution is -2.50. The van der Waals surface area contributed by atoms with E-state index in [0.717, 1.165) is 32.1 Å². The largest absolute Gasteiger partial charge is 0.481 e. The van der Waals surface area contributed by atoms with Crippen molar-refractivity contribution in [3.63, 3.8) is 0 Å². The molecule has 1 aliphatic carbocycles. The second-order valence-corrected chi connectivity index (χ2v) is 6.47. The Labute approximate surface area is 121 Å². The number of nitrogens with zero attached hydrogens (tertiary/aromatic N) is 1. The number of amides is 2. The van der Waals surface area contributed by atoms with Crippen molar-refractivity contribution in [2.75, 3.05) is 13.6 Å². The van der Waals surface area contributed by atoms with Crippen molar-refractivity contribution >= 4 is 12.0 Å². The highest BCUT2D eigenvalue weighted by atomic mass is 16.4. The average Bonchev–Trinajstić information content (AvgIpc) is 2.44. The van der Waals surface area contributed by atoms with Gasteiger partial charge in [0.1, 0.15) is 0 Å². The summed E-state index contributed by atoms with van der Waals surface area (Å²) < 4.78 is 0. The maximum absolute atomic E-state index is 12.1. The molecule has 0 spiro atoms. The number of carbonyl (C=O) groups is 2. The monoisotopic (exact) mass is 284 g/mol. The Balaban J connectivity index is 2.34. The smallest absolute Gasteiger partial charge is 0.317 e. The van der Waals surface area contributed by atoms with E-state index in [4.69, 9.17) is 5.11 Å². The summed E-state index contributed by atoms with van der Waals surface area (Å²) in [5.74, 6) is -0.465. The molecular weight excluding hydrogens is 256 g/mol. The summed E-state index contributed by atoms with van der Waals surface area (Å²) in [6.45, 7) is 6.81. The highest BCUT2D eigenvalue weighted by molar-refractivity contribution is 5.74. The molecule has 5 heteroatoms. The van der Waals surface area contributed by atoms with E-state index in [1.807, 2.05) is 20.9 Å². The van der Waals surface area contributed by atoms with Crippen LogP contribution in [0.2, 0.25) is 0 Å². The molecule has 116 valence electrons. The molecule has 0 radical (unpaired) electrons. The first-order chi connectivity index (χ1) is 9.27. The van der Waals surface area contributed by atoms with E-state index in [1.54, 1.807) is 4.90 Å². The molecule has 0 aromatic carbocycles. The fourth-order valence-electron chi connectivity index (χ4n) is 2.48. The van der Waals surface area contributed by atoms with Crippen LogP contribution in [0.5, 0.6) is 0 Å². The van der Waals surface area contributed by atoms with Gasteiger partial charge in [-0.1, -0.05) is 6.92 Å². The molecule has 2 N–H and O–H groups in total. The molecule has 0 aliphatic heterocycles. The van der Waals surface area contributed by atoms with Gasteiger partial charge in [0.05, 0.1) is 5.92 Å². The number of hydrogen-bond acceptors (Lipinski definition) is 2. The van der Waals surface area contributed by atoms with Crippen molar-refractivity contribution in [3.8, 4) is 0 Å². The molecule has 0 bridgehead atoms. The number of rotatable bonds is 5. The molecule has 1 rings (SSSR count). The molecule has 20 heavy (non-hydrogen) atoms. The van der Waals surface area contributed by atoms with E-state index in [0.29, 0.717) is 12.5 Å². The van der Waals surface area contributed by atoms with Gasteiger partial charge in [0, 0.05) is 19.1 Å². The minimum atomic E-state index is -0.683. The van der Waals surface area contributed by atoms with Crippen LogP contribution in [-0.4, -0.2) is 41.1 Å². The third-order valence-electron chi connectivity index (χ3n) is 4.82. The third-order valence-corrected chi connectivity index (χ3v) is 4.82. The van der Waals surface area contributed by atoms with Crippen LogP contribution in [0.3, 0.4) is 0 Å². The lowest BCUT2D eigenvalue weighted by Gasteiger charge is -2.35. The molecular formula is C15H28N2O3. The molecule has 5 nitrogen and oxygen atoms in total. The van der Waals surface area contributed by atoms with Gasteiger partial charge in [-0.25, -0.2) is 4.79 Å². The molecule has 0 saturated heterocycles. The highest BCUT2D eigenvalue weighted by Gasteiger charge is 2.28. The van der Waals surface area contributed by atoms with Crippen molar-refractivity contribution in [3.05, 3.63) is 0 Å². The first-order valence-electron chi connectivity index (χ1n) is 7.52. The maximum atomic E-state index is 12.1. The van der Waals surface area contributed by atoms with E-state index >= 15 is 0 Å². The van der Waals surface area contributed by atoms with Crippen LogP contribution in [-0.2, 0) is 4.79 Å². The summed E-state index contributed by atoms with van der Waals surface area (Å²) in [5, 5.41) is 11.9. The molecule has 0 aromatic heterocycles. The number of carboxylic acid groups (broad SMARTS) is 1. The molecule has 1 fully saturated rings. The SMILES string of the molecule is CCC(C)(C)N(C)C(=O)NCC1CCC(C(=O)O)CC1.